The van der Waals surface area contributed by atoms with Crippen LogP contribution in [0, 0.1) is 11.3 Å². The Hall–Kier alpha value is -2.48. The minimum absolute atomic E-state index is 0.107. The van der Waals surface area contributed by atoms with Crippen LogP contribution in [0.3, 0.4) is 0 Å². The predicted molar refractivity (Wildman–Crippen MR) is 127 cm³/mol. The molecular formula is C23H30N4O4S. The highest BCUT2D eigenvalue weighted by atomic mass is 32.2. The van der Waals surface area contributed by atoms with Gasteiger partial charge in [0.15, 0.2) is 4.91 Å². The van der Waals surface area contributed by atoms with Crippen molar-refractivity contribution in [1.82, 2.24) is 9.62 Å². The van der Waals surface area contributed by atoms with Crippen LogP contribution in [0.1, 0.15) is 12.5 Å². The molecule has 2 aromatic rings. The van der Waals surface area contributed by atoms with E-state index < -0.39 is 10.0 Å². The predicted octanol–water partition coefficient (Wildman–Crippen LogP) is 2.40. The summed E-state index contributed by atoms with van der Waals surface area (Å²) in [5.41, 5.74) is 2.14. The number of fused-ring (bicyclic) bond motifs is 1. The monoisotopic (exact) mass is 458 g/mol. The van der Waals surface area contributed by atoms with Gasteiger partial charge in [0.05, 0.1) is 19.8 Å². The molecule has 0 radical (unpaired) electrons. The minimum Gasteiger partial charge on any atom is -0.384 e. The van der Waals surface area contributed by atoms with Gasteiger partial charge in [0.1, 0.15) is 6.07 Å². The van der Waals surface area contributed by atoms with Gasteiger partial charge in [0, 0.05) is 45.5 Å². The number of benzene rings is 2. The average Bonchev–Trinajstić information content (AvgIpc) is 2.79. The Labute approximate surface area is 189 Å². The zero-order valence-electron chi connectivity index (χ0n) is 18.6. The minimum atomic E-state index is -3.91. The van der Waals surface area contributed by atoms with Gasteiger partial charge in [-0.15, -0.1) is 0 Å². The number of nitriles is 1. The van der Waals surface area contributed by atoms with Gasteiger partial charge in [0.25, 0.3) is 10.0 Å². The van der Waals surface area contributed by atoms with E-state index in [4.69, 9.17) is 9.47 Å². The third-order valence-corrected chi connectivity index (χ3v) is 6.96. The summed E-state index contributed by atoms with van der Waals surface area (Å²) in [6, 6.07) is 13.6. The molecule has 0 spiro atoms. The van der Waals surface area contributed by atoms with Crippen LogP contribution in [0.15, 0.2) is 41.3 Å². The van der Waals surface area contributed by atoms with Gasteiger partial charge in [-0.25, -0.2) is 13.1 Å². The summed E-state index contributed by atoms with van der Waals surface area (Å²) in [4.78, 5) is 2.10. The van der Waals surface area contributed by atoms with Crippen LogP contribution < -0.4 is 10.0 Å². The number of anilines is 1. The van der Waals surface area contributed by atoms with Crippen LogP contribution in [0.4, 0.5) is 5.69 Å². The van der Waals surface area contributed by atoms with Crippen molar-refractivity contribution in [2.24, 2.45) is 0 Å². The van der Waals surface area contributed by atoms with Crippen LogP contribution in [0.2, 0.25) is 0 Å². The Kier molecular flexibility index (Phi) is 8.61. The molecule has 3 rings (SSSR count). The van der Waals surface area contributed by atoms with Gasteiger partial charge in [-0.05, 0) is 47.0 Å². The molecule has 2 N–H and O–H groups in total. The Morgan fingerprint density at radius 3 is 2.59 bits per heavy atom. The molecule has 0 saturated carbocycles. The van der Waals surface area contributed by atoms with Crippen molar-refractivity contribution in [2.45, 2.75) is 6.92 Å². The number of rotatable bonds is 10. The van der Waals surface area contributed by atoms with Gasteiger partial charge in [-0.2, -0.15) is 5.26 Å². The molecular weight excluding hydrogens is 428 g/mol. The number of sulfonamides is 1. The SMILES string of the molecule is COCCNS(=O)(=O)/C(C#N)=C(\C)c1ccc2cc(NCCN3CCOCC3)ccc2c1. The molecule has 0 atom stereocenters. The van der Waals surface area contributed by atoms with Gasteiger partial charge < -0.3 is 14.8 Å². The third-order valence-electron chi connectivity index (χ3n) is 5.44. The second-order valence-corrected chi connectivity index (χ2v) is 9.32. The van der Waals surface area contributed by atoms with E-state index in [9.17, 15) is 13.7 Å². The number of hydrogen-bond donors (Lipinski definition) is 2. The van der Waals surface area contributed by atoms with Gasteiger partial charge >= 0.3 is 0 Å². The van der Waals surface area contributed by atoms with Crippen molar-refractivity contribution < 1.29 is 17.9 Å². The number of ether oxygens (including phenoxy) is 2. The fraction of sp³-hybridized carbons (Fsp3) is 0.435. The average molecular weight is 459 g/mol. The Morgan fingerprint density at radius 1 is 1.16 bits per heavy atom. The van der Waals surface area contributed by atoms with Crippen molar-refractivity contribution in [2.75, 3.05) is 65.0 Å². The van der Waals surface area contributed by atoms with Gasteiger partial charge in [0.2, 0.25) is 0 Å². The second kappa shape index (κ2) is 11.4. The molecule has 172 valence electrons. The van der Waals surface area contributed by atoms with Crippen LogP contribution >= 0.6 is 0 Å². The fourth-order valence-electron chi connectivity index (χ4n) is 3.60. The second-order valence-electron chi connectivity index (χ2n) is 7.61. The highest BCUT2D eigenvalue weighted by molar-refractivity contribution is 7.93. The molecule has 0 aliphatic carbocycles. The molecule has 0 aromatic heterocycles. The topological polar surface area (TPSA) is 104 Å². The van der Waals surface area contributed by atoms with Crippen molar-refractivity contribution in [3.63, 3.8) is 0 Å². The lowest BCUT2D eigenvalue weighted by Gasteiger charge is -2.26. The van der Waals surface area contributed by atoms with E-state index in [0.717, 1.165) is 55.9 Å². The summed E-state index contributed by atoms with van der Waals surface area (Å²) in [5.74, 6) is 0. The van der Waals surface area contributed by atoms with E-state index in [0.29, 0.717) is 11.1 Å². The molecule has 9 heteroatoms. The number of nitrogens with one attached hydrogen (secondary N) is 2. The van der Waals surface area contributed by atoms with E-state index in [-0.39, 0.29) is 18.1 Å². The normalized spacial score (nSPS) is 15.9. The summed E-state index contributed by atoms with van der Waals surface area (Å²) in [6.07, 6.45) is 0. The molecule has 1 heterocycles. The molecule has 1 aliphatic rings. The van der Waals surface area contributed by atoms with Crippen molar-refractivity contribution >= 4 is 32.1 Å². The number of methoxy groups -OCH3 is 1. The van der Waals surface area contributed by atoms with E-state index >= 15 is 0 Å². The molecule has 8 nitrogen and oxygen atoms in total. The largest absolute Gasteiger partial charge is 0.384 e. The zero-order chi connectivity index (χ0) is 23.0. The smallest absolute Gasteiger partial charge is 0.251 e. The van der Waals surface area contributed by atoms with E-state index in [1.54, 1.807) is 6.92 Å². The van der Waals surface area contributed by atoms with Crippen molar-refractivity contribution in [3.8, 4) is 6.07 Å². The number of morpholine rings is 1. The van der Waals surface area contributed by atoms with E-state index in [1.807, 2.05) is 36.4 Å². The highest BCUT2D eigenvalue weighted by Crippen LogP contribution is 2.26. The maximum absolute atomic E-state index is 12.5. The first kappa shape index (κ1) is 24.2. The van der Waals surface area contributed by atoms with E-state index in [2.05, 4.69) is 21.0 Å². The molecule has 0 unspecified atom stereocenters. The van der Waals surface area contributed by atoms with Crippen molar-refractivity contribution in [1.29, 1.82) is 5.26 Å². The molecule has 1 fully saturated rings. The number of hydrogen-bond acceptors (Lipinski definition) is 7. The summed E-state index contributed by atoms with van der Waals surface area (Å²) in [6.45, 7) is 7.34. The van der Waals surface area contributed by atoms with Crippen LogP contribution in [-0.4, -0.2) is 73.0 Å². The van der Waals surface area contributed by atoms with Crippen LogP contribution in [0.25, 0.3) is 16.3 Å². The maximum atomic E-state index is 12.5. The standard InChI is InChI=1S/C23H30N4O4S/c1-18(23(17-24)32(28,29)26-8-12-30-2)19-3-4-21-16-22(6-5-20(21)15-19)25-7-9-27-10-13-31-14-11-27/h3-6,15-16,25-26H,7-14H2,1-2H3/b23-18+. The highest BCUT2D eigenvalue weighted by Gasteiger charge is 2.20. The lowest BCUT2D eigenvalue weighted by Crippen LogP contribution is -2.38. The van der Waals surface area contributed by atoms with Gasteiger partial charge in [-0.3, -0.25) is 4.90 Å². The maximum Gasteiger partial charge on any atom is 0.251 e. The number of allylic oxidation sites excluding steroid dienone is 2. The fourth-order valence-corrected chi connectivity index (χ4v) is 4.74. The summed E-state index contributed by atoms with van der Waals surface area (Å²) < 4.78 is 37.7. The number of nitrogens with zero attached hydrogens (tertiary/aromatic N) is 2. The molecule has 1 saturated heterocycles. The Morgan fingerprint density at radius 2 is 1.88 bits per heavy atom. The first-order valence-corrected chi connectivity index (χ1v) is 12.1. The Balaban J connectivity index is 1.73. The van der Waals surface area contributed by atoms with E-state index in [1.165, 1.54) is 7.11 Å². The molecule has 32 heavy (non-hydrogen) atoms. The zero-order valence-corrected chi connectivity index (χ0v) is 19.4. The quantitative estimate of drug-likeness (QED) is 0.416. The first-order chi connectivity index (χ1) is 15.4. The molecule has 0 bridgehead atoms. The lowest BCUT2D eigenvalue weighted by molar-refractivity contribution is 0.0398. The lowest BCUT2D eigenvalue weighted by atomic mass is 10.0. The van der Waals surface area contributed by atoms with Crippen LogP contribution in [-0.2, 0) is 19.5 Å². The summed E-state index contributed by atoms with van der Waals surface area (Å²) in [7, 11) is -2.42. The van der Waals surface area contributed by atoms with Gasteiger partial charge in [-0.1, -0.05) is 18.2 Å². The first-order valence-electron chi connectivity index (χ1n) is 10.6. The summed E-state index contributed by atoms with van der Waals surface area (Å²) >= 11 is 0. The Bertz CT molecular complexity index is 1100. The summed E-state index contributed by atoms with van der Waals surface area (Å²) in [5, 5.41) is 15.0. The van der Waals surface area contributed by atoms with Crippen molar-refractivity contribution in [3.05, 3.63) is 46.9 Å². The molecule has 0 amide bonds. The third kappa shape index (κ3) is 6.28. The molecule has 1 aliphatic heterocycles. The van der Waals surface area contributed by atoms with Crippen LogP contribution in [0.5, 0.6) is 0 Å². The molecule has 2 aromatic carbocycles.